The molecule has 2 atom stereocenters. The molecule has 0 unspecified atom stereocenters. The molecule has 420 valence electrons. The van der Waals surface area contributed by atoms with Crippen molar-refractivity contribution < 1.29 is 42.6 Å². The third-order valence-electron chi connectivity index (χ3n) is 14.6. The summed E-state index contributed by atoms with van der Waals surface area (Å²) in [6.07, 6.45) is 3.12. The molecule has 4 heterocycles. The number of nitrogens with zero attached hydrogens (tertiary/aromatic N) is 5. The van der Waals surface area contributed by atoms with E-state index < -0.39 is 40.9 Å². The number of nitrogens with one attached hydrogen (secondary N) is 5. The van der Waals surface area contributed by atoms with Crippen molar-refractivity contribution in [2.75, 3.05) is 68.1 Å². The first-order valence-electron chi connectivity index (χ1n) is 27.2. The third-order valence-corrected chi connectivity index (χ3v) is 15.6. The zero-order valence-electron chi connectivity index (χ0n) is 45.6. The number of ether oxygens (including phenoxy) is 1. The first-order valence-corrected chi connectivity index (χ1v) is 28.1. The molecule has 2 saturated heterocycles. The number of aliphatic hydroxyl groups is 1. The number of H-pyrrole nitrogens is 1. The number of anilines is 3. The number of carbonyl (C=O) groups is 5. The van der Waals surface area contributed by atoms with Crippen molar-refractivity contribution in [3.05, 3.63) is 124 Å². The molecule has 2 fully saturated rings. The number of hydrogen-bond acceptors (Lipinski definition) is 12. The second kappa shape index (κ2) is 26.6. The van der Waals surface area contributed by atoms with E-state index in [0.717, 1.165) is 51.9 Å². The summed E-state index contributed by atoms with van der Waals surface area (Å²) in [5.74, 6) is -2.51. The van der Waals surface area contributed by atoms with Gasteiger partial charge >= 0.3 is 0 Å². The molecule has 8 rings (SSSR count). The summed E-state index contributed by atoms with van der Waals surface area (Å²) in [7, 11) is 0. The fourth-order valence-corrected chi connectivity index (χ4v) is 11.0. The van der Waals surface area contributed by atoms with Crippen LogP contribution in [0.5, 0.6) is 0 Å². The number of carbonyl (C=O) groups excluding carboxylic acids is 5. The molecule has 17 nitrogen and oxygen atoms in total. The SMILES string of the molecule is CCN(C(=O)[C@@H](NC(=O)CCCCC(=O)N1CCN(c2ccc(C(=O)Nc3n[nH]c4ccc(Cc5cc(F)cc(F)c5)cc34)c(NC3CCOCC3)c2)CC1)C(C)(C)C)[C@@H](CCO)C(=O)NCc1ccc(-c2scnc2C)cc1. The molecule has 20 heteroatoms. The number of aromatic amines is 1. The number of fused-ring (bicyclic) bond motifs is 1. The van der Waals surface area contributed by atoms with Crippen LogP contribution in [-0.2, 0) is 36.9 Å². The second-order valence-electron chi connectivity index (χ2n) is 21.4. The molecule has 0 spiro atoms. The van der Waals surface area contributed by atoms with Crippen molar-refractivity contribution in [1.82, 2.24) is 35.6 Å². The van der Waals surface area contributed by atoms with E-state index in [1.165, 1.54) is 17.0 Å². The zero-order chi connectivity index (χ0) is 56.2. The molecule has 2 aromatic heterocycles. The van der Waals surface area contributed by atoms with Gasteiger partial charge in [0.2, 0.25) is 23.6 Å². The van der Waals surface area contributed by atoms with Gasteiger partial charge in [0.25, 0.3) is 5.91 Å². The maximum Gasteiger partial charge on any atom is 0.258 e. The lowest BCUT2D eigenvalue weighted by atomic mass is 9.85. The van der Waals surface area contributed by atoms with Crippen molar-refractivity contribution in [2.24, 2.45) is 5.41 Å². The number of piperazine rings is 1. The van der Waals surface area contributed by atoms with Gasteiger partial charge in [-0.3, -0.25) is 29.1 Å². The number of likely N-dealkylation sites (N-methyl/N-ethyl adjacent to an activating group) is 1. The molecule has 6 aromatic rings. The summed E-state index contributed by atoms with van der Waals surface area (Å²) in [6, 6.07) is 20.6. The molecule has 79 heavy (non-hydrogen) atoms. The van der Waals surface area contributed by atoms with Crippen LogP contribution < -0.4 is 26.2 Å². The minimum Gasteiger partial charge on any atom is -0.396 e. The van der Waals surface area contributed by atoms with Crippen LogP contribution in [0.25, 0.3) is 21.3 Å². The van der Waals surface area contributed by atoms with Crippen molar-refractivity contribution in [1.29, 1.82) is 0 Å². The molecular weight excluding hydrogens is 1030 g/mol. The molecular formula is C59H72F2N10O7S. The highest BCUT2D eigenvalue weighted by Gasteiger charge is 2.39. The van der Waals surface area contributed by atoms with E-state index in [1.54, 1.807) is 29.8 Å². The fraction of sp³-hybridized carbons (Fsp3) is 0.441. The minimum atomic E-state index is -0.961. The monoisotopic (exact) mass is 1100 g/mol. The molecule has 4 aromatic carbocycles. The first kappa shape index (κ1) is 57.9. The standard InChI is InChI=1S/C59H72F2N10O7S/c1-6-71(50(19-26-72)57(76)62-35-38-11-14-41(15-12-38)53-37(2)63-36-79-53)58(77)54(59(3,4)5)65-51(73)9-7-8-10-52(74)70-24-22-69(23-25-70)45-16-17-46(49(34-45)64-44-20-27-78-28-21-44)56(75)66-55-47-32-39(13-18-48(47)67-68-55)29-40-30-42(60)33-43(61)31-40/h11-18,30-34,36,44,50,54,64,72H,6-10,19-29,35H2,1-5H3,(H,62,76)(H,65,73)(H2,66,67,68,75)/t50-,54+/m0/s1. The highest BCUT2D eigenvalue weighted by atomic mass is 32.1. The summed E-state index contributed by atoms with van der Waals surface area (Å²) >= 11 is 1.56. The van der Waals surface area contributed by atoms with Gasteiger partial charge in [0.1, 0.15) is 23.7 Å². The number of hydrogen-bond donors (Lipinski definition) is 6. The summed E-state index contributed by atoms with van der Waals surface area (Å²) in [4.78, 5) is 79.9. The fourth-order valence-electron chi connectivity index (χ4n) is 10.2. The van der Waals surface area contributed by atoms with E-state index in [0.29, 0.717) is 85.8 Å². The van der Waals surface area contributed by atoms with Crippen LogP contribution in [0.15, 0.2) is 84.4 Å². The van der Waals surface area contributed by atoms with Crippen molar-refractivity contribution >= 4 is 69.0 Å². The highest BCUT2D eigenvalue weighted by Crippen LogP contribution is 2.31. The zero-order valence-corrected chi connectivity index (χ0v) is 46.4. The van der Waals surface area contributed by atoms with E-state index in [-0.39, 0.29) is 69.1 Å². The van der Waals surface area contributed by atoms with Gasteiger partial charge in [-0.1, -0.05) is 51.1 Å². The van der Waals surface area contributed by atoms with Crippen molar-refractivity contribution in [3.8, 4) is 10.4 Å². The average molecular weight is 1100 g/mol. The van der Waals surface area contributed by atoms with Crippen LogP contribution >= 0.6 is 11.3 Å². The van der Waals surface area contributed by atoms with Gasteiger partial charge in [0.15, 0.2) is 5.82 Å². The smallest absolute Gasteiger partial charge is 0.258 e. The lowest BCUT2D eigenvalue weighted by Crippen LogP contribution is -2.59. The molecule has 0 radical (unpaired) electrons. The Kier molecular flexibility index (Phi) is 19.5. The van der Waals surface area contributed by atoms with Crippen LogP contribution in [0.3, 0.4) is 0 Å². The van der Waals surface area contributed by atoms with Gasteiger partial charge in [0, 0.05) is 101 Å². The Morgan fingerprint density at radius 2 is 1.59 bits per heavy atom. The van der Waals surface area contributed by atoms with Crippen LogP contribution in [-0.4, -0.2) is 130 Å². The predicted octanol–water partition coefficient (Wildman–Crippen LogP) is 8.36. The number of amides is 5. The van der Waals surface area contributed by atoms with E-state index in [2.05, 4.69) is 41.3 Å². The Morgan fingerprint density at radius 1 is 0.886 bits per heavy atom. The Morgan fingerprint density at radius 3 is 2.27 bits per heavy atom. The summed E-state index contributed by atoms with van der Waals surface area (Å²) in [6.45, 7) is 12.7. The molecule has 0 aliphatic carbocycles. The summed E-state index contributed by atoms with van der Waals surface area (Å²) in [5, 5.41) is 30.5. The topological polar surface area (TPSA) is 214 Å². The van der Waals surface area contributed by atoms with E-state index in [1.807, 2.05) is 87.2 Å². The van der Waals surface area contributed by atoms with Crippen LogP contribution in [0.4, 0.5) is 26.0 Å². The second-order valence-corrected chi connectivity index (χ2v) is 22.3. The maximum absolute atomic E-state index is 14.3. The summed E-state index contributed by atoms with van der Waals surface area (Å²) in [5.41, 5.74) is 7.89. The number of thiazole rings is 1. The Labute approximate surface area is 463 Å². The number of halogens is 2. The number of rotatable bonds is 22. The van der Waals surface area contributed by atoms with Crippen LogP contribution in [0.1, 0.15) is 105 Å². The third kappa shape index (κ3) is 15.1. The van der Waals surface area contributed by atoms with Gasteiger partial charge in [-0.2, -0.15) is 5.10 Å². The van der Waals surface area contributed by atoms with Crippen molar-refractivity contribution in [2.45, 2.75) is 111 Å². The number of aryl methyl sites for hydroxylation is 1. The van der Waals surface area contributed by atoms with Gasteiger partial charge in [-0.25, -0.2) is 13.8 Å². The highest BCUT2D eigenvalue weighted by molar-refractivity contribution is 7.13. The van der Waals surface area contributed by atoms with Gasteiger partial charge in [0.05, 0.1) is 27.2 Å². The molecule has 2 aliphatic heterocycles. The molecule has 2 aliphatic rings. The molecule has 5 amide bonds. The summed E-state index contributed by atoms with van der Waals surface area (Å²) < 4.78 is 33.5. The molecule has 0 saturated carbocycles. The Hall–Kier alpha value is -7.29. The molecule has 6 N–H and O–H groups in total. The van der Waals surface area contributed by atoms with Crippen molar-refractivity contribution in [3.63, 3.8) is 0 Å². The maximum atomic E-state index is 14.3. The number of benzene rings is 4. The van der Waals surface area contributed by atoms with Crippen LogP contribution in [0.2, 0.25) is 0 Å². The molecule has 0 bridgehead atoms. The number of aromatic nitrogens is 3. The Balaban J connectivity index is 0.820. The van der Waals surface area contributed by atoms with Gasteiger partial charge in [-0.05, 0) is 123 Å². The average Bonchev–Trinajstić information content (AvgIpc) is 4.06. The largest absolute Gasteiger partial charge is 0.396 e. The Bertz CT molecular complexity index is 3070. The predicted molar refractivity (Wildman–Crippen MR) is 303 cm³/mol. The lowest BCUT2D eigenvalue weighted by molar-refractivity contribution is -0.146. The number of unbranched alkanes of at least 4 members (excludes halogenated alkanes) is 1. The van der Waals surface area contributed by atoms with E-state index in [9.17, 15) is 37.9 Å². The first-order chi connectivity index (χ1) is 38.0. The lowest BCUT2D eigenvalue weighted by Gasteiger charge is -2.37. The minimum absolute atomic E-state index is 0.00705. The van der Waals surface area contributed by atoms with E-state index >= 15 is 0 Å². The number of aliphatic hydroxyl groups excluding tert-OH is 1. The normalized spacial score (nSPS) is 14.9. The van der Waals surface area contributed by atoms with Gasteiger partial charge in [-0.15, -0.1) is 11.3 Å². The quantitative estimate of drug-likeness (QED) is 0.0356. The van der Waals surface area contributed by atoms with Crippen LogP contribution in [0, 0.1) is 24.0 Å². The van der Waals surface area contributed by atoms with Gasteiger partial charge < -0.3 is 45.8 Å². The van der Waals surface area contributed by atoms with E-state index in [4.69, 9.17) is 4.74 Å².